The van der Waals surface area contributed by atoms with Gasteiger partial charge in [-0.2, -0.15) is 0 Å². The van der Waals surface area contributed by atoms with E-state index in [4.69, 9.17) is 5.73 Å². The average molecular weight is 279 g/mol. The Morgan fingerprint density at radius 3 is 2.65 bits per heavy atom. The standard InChI is InChI=1S/C17H33N3/c1-17(2)8-6-14(16(17)18)12-20-10-7-15-13(11-20)5-4-9-19(15)3/h13-16H,4-12,18H2,1-3H3. The highest BCUT2D eigenvalue weighted by Gasteiger charge is 2.41. The van der Waals surface area contributed by atoms with Crippen LogP contribution in [0.4, 0.5) is 0 Å². The molecule has 3 aliphatic rings. The molecule has 3 heteroatoms. The van der Waals surface area contributed by atoms with E-state index < -0.39 is 0 Å². The summed E-state index contributed by atoms with van der Waals surface area (Å²) in [7, 11) is 2.32. The molecule has 0 amide bonds. The first-order valence-electron chi connectivity index (χ1n) is 8.65. The van der Waals surface area contributed by atoms with Gasteiger partial charge < -0.3 is 15.5 Å². The largest absolute Gasteiger partial charge is 0.327 e. The molecule has 0 spiro atoms. The lowest BCUT2D eigenvalue weighted by Gasteiger charge is -2.46. The third-order valence-corrected chi connectivity index (χ3v) is 6.49. The minimum atomic E-state index is 0.355. The summed E-state index contributed by atoms with van der Waals surface area (Å²) >= 11 is 0. The van der Waals surface area contributed by atoms with Crippen LogP contribution in [0.2, 0.25) is 0 Å². The summed E-state index contributed by atoms with van der Waals surface area (Å²) in [6, 6.07) is 1.25. The highest BCUT2D eigenvalue weighted by atomic mass is 15.2. The first-order valence-corrected chi connectivity index (χ1v) is 8.65. The van der Waals surface area contributed by atoms with Crippen molar-refractivity contribution in [1.82, 2.24) is 9.80 Å². The molecule has 2 N–H and O–H groups in total. The van der Waals surface area contributed by atoms with E-state index in [1.54, 1.807) is 0 Å². The monoisotopic (exact) mass is 279 g/mol. The highest BCUT2D eigenvalue weighted by molar-refractivity contribution is 4.96. The number of rotatable bonds is 2. The van der Waals surface area contributed by atoms with E-state index in [1.165, 1.54) is 58.3 Å². The zero-order chi connectivity index (χ0) is 14.3. The molecular formula is C17H33N3. The molecule has 4 atom stereocenters. The van der Waals surface area contributed by atoms with Crippen molar-refractivity contribution in [1.29, 1.82) is 0 Å². The second-order valence-corrected chi connectivity index (χ2v) is 8.31. The molecule has 2 aliphatic heterocycles. The predicted octanol–water partition coefficient (Wildman–Crippen LogP) is 2.17. The zero-order valence-electron chi connectivity index (χ0n) is 13.6. The van der Waals surface area contributed by atoms with Crippen LogP contribution in [-0.4, -0.2) is 55.1 Å². The molecule has 3 nitrogen and oxygen atoms in total. The SMILES string of the molecule is CN1CCCC2CN(CC3CCC(C)(C)C3N)CCC21. The summed E-state index contributed by atoms with van der Waals surface area (Å²) in [5, 5.41) is 0. The molecule has 2 saturated heterocycles. The van der Waals surface area contributed by atoms with Gasteiger partial charge in [0.15, 0.2) is 0 Å². The number of nitrogens with zero attached hydrogens (tertiary/aromatic N) is 2. The van der Waals surface area contributed by atoms with Gasteiger partial charge in [-0.3, -0.25) is 0 Å². The molecule has 0 radical (unpaired) electrons. The van der Waals surface area contributed by atoms with Crippen LogP contribution >= 0.6 is 0 Å². The topological polar surface area (TPSA) is 32.5 Å². The Hall–Kier alpha value is -0.120. The molecule has 2 heterocycles. The van der Waals surface area contributed by atoms with Gasteiger partial charge in [0.05, 0.1) is 0 Å². The average Bonchev–Trinajstić information content (AvgIpc) is 2.66. The van der Waals surface area contributed by atoms with E-state index in [2.05, 4.69) is 30.7 Å². The maximum Gasteiger partial charge on any atom is 0.0145 e. The lowest BCUT2D eigenvalue weighted by Crippen LogP contribution is -2.54. The minimum absolute atomic E-state index is 0.355. The fourth-order valence-corrected chi connectivity index (χ4v) is 4.97. The molecule has 0 aromatic rings. The third kappa shape index (κ3) is 2.77. The molecule has 3 fully saturated rings. The van der Waals surface area contributed by atoms with Crippen LogP contribution in [0.15, 0.2) is 0 Å². The zero-order valence-corrected chi connectivity index (χ0v) is 13.6. The summed E-state index contributed by atoms with van der Waals surface area (Å²) in [6.45, 7) is 9.86. The van der Waals surface area contributed by atoms with Crippen molar-refractivity contribution in [3.05, 3.63) is 0 Å². The molecule has 1 saturated carbocycles. The predicted molar refractivity (Wildman–Crippen MR) is 84.7 cm³/mol. The Morgan fingerprint density at radius 2 is 1.95 bits per heavy atom. The van der Waals surface area contributed by atoms with Gasteiger partial charge in [0.2, 0.25) is 0 Å². The summed E-state index contributed by atoms with van der Waals surface area (Å²) in [5.74, 6) is 1.64. The van der Waals surface area contributed by atoms with Crippen molar-refractivity contribution in [2.24, 2.45) is 23.0 Å². The van der Waals surface area contributed by atoms with E-state index in [0.717, 1.165) is 17.9 Å². The van der Waals surface area contributed by atoms with E-state index in [0.29, 0.717) is 11.5 Å². The van der Waals surface area contributed by atoms with Crippen LogP contribution < -0.4 is 5.73 Å². The number of hydrogen-bond acceptors (Lipinski definition) is 3. The Balaban J connectivity index is 1.55. The molecular weight excluding hydrogens is 246 g/mol. The van der Waals surface area contributed by atoms with Gasteiger partial charge in [-0.05, 0) is 69.5 Å². The van der Waals surface area contributed by atoms with Gasteiger partial charge in [0.1, 0.15) is 0 Å². The molecule has 116 valence electrons. The quantitative estimate of drug-likeness (QED) is 0.841. The lowest BCUT2D eigenvalue weighted by atomic mass is 9.83. The smallest absolute Gasteiger partial charge is 0.0145 e. The molecule has 20 heavy (non-hydrogen) atoms. The van der Waals surface area contributed by atoms with E-state index >= 15 is 0 Å². The number of likely N-dealkylation sites (tertiary alicyclic amines) is 2. The number of nitrogens with two attached hydrogens (primary N) is 1. The normalized spacial score (nSPS) is 42.6. The number of hydrogen-bond donors (Lipinski definition) is 1. The Morgan fingerprint density at radius 1 is 1.15 bits per heavy atom. The third-order valence-electron chi connectivity index (χ3n) is 6.49. The van der Waals surface area contributed by atoms with Crippen LogP contribution in [0, 0.1) is 17.3 Å². The fraction of sp³-hybridized carbons (Fsp3) is 1.00. The first kappa shape index (κ1) is 14.8. The molecule has 3 rings (SSSR count). The van der Waals surface area contributed by atoms with Crippen molar-refractivity contribution in [3.63, 3.8) is 0 Å². The summed E-state index contributed by atoms with van der Waals surface area (Å²) in [5.41, 5.74) is 6.85. The Labute approximate surface area is 124 Å². The van der Waals surface area contributed by atoms with Crippen LogP contribution in [0.5, 0.6) is 0 Å². The summed E-state index contributed by atoms with van der Waals surface area (Å²) in [6.07, 6.45) is 6.84. The van der Waals surface area contributed by atoms with Gasteiger partial charge >= 0.3 is 0 Å². The van der Waals surface area contributed by atoms with Gasteiger partial charge in [0, 0.05) is 25.2 Å². The van der Waals surface area contributed by atoms with Gasteiger partial charge in [-0.15, -0.1) is 0 Å². The molecule has 1 aliphatic carbocycles. The van der Waals surface area contributed by atoms with Crippen molar-refractivity contribution in [3.8, 4) is 0 Å². The highest BCUT2D eigenvalue weighted by Crippen LogP contribution is 2.41. The van der Waals surface area contributed by atoms with E-state index in [1.807, 2.05) is 0 Å². The van der Waals surface area contributed by atoms with Crippen LogP contribution in [-0.2, 0) is 0 Å². The molecule has 0 aromatic carbocycles. The summed E-state index contributed by atoms with van der Waals surface area (Å²) in [4.78, 5) is 5.34. The van der Waals surface area contributed by atoms with Crippen molar-refractivity contribution < 1.29 is 0 Å². The molecule has 0 aromatic heterocycles. The lowest BCUT2D eigenvalue weighted by molar-refractivity contribution is 0.0309. The van der Waals surface area contributed by atoms with Gasteiger partial charge in [0.25, 0.3) is 0 Å². The van der Waals surface area contributed by atoms with E-state index in [-0.39, 0.29) is 0 Å². The maximum absolute atomic E-state index is 6.49. The molecule has 4 unspecified atom stereocenters. The van der Waals surface area contributed by atoms with Crippen molar-refractivity contribution >= 4 is 0 Å². The van der Waals surface area contributed by atoms with Crippen LogP contribution in [0.3, 0.4) is 0 Å². The van der Waals surface area contributed by atoms with Crippen LogP contribution in [0.25, 0.3) is 0 Å². The summed E-state index contributed by atoms with van der Waals surface area (Å²) < 4.78 is 0. The number of fused-ring (bicyclic) bond motifs is 1. The second-order valence-electron chi connectivity index (χ2n) is 8.31. The van der Waals surface area contributed by atoms with Crippen LogP contribution in [0.1, 0.15) is 46.0 Å². The van der Waals surface area contributed by atoms with Gasteiger partial charge in [-0.25, -0.2) is 0 Å². The van der Waals surface area contributed by atoms with Gasteiger partial charge in [-0.1, -0.05) is 13.8 Å². The van der Waals surface area contributed by atoms with E-state index in [9.17, 15) is 0 Å². The molecule has 0 bridgehead atoms. The number of piperidine rings is 2. The minimum Gasteiger partial charge on any atom is -0.327 e. The van der Waals surface area contributed by atoms with Crippen molar-refractivity contribution in [2.45, 2.75) is 58.0 Å². The maximum atomic E-state index is 6.49. The Kier molecular flexibility index (Phi) is 4.13. The Bertz CT molecular complexity index is 341. The second kappa shape index (κ2) is 5.58. The first-order chi connectivity index (χ1) is 9.47. The van der Waals surface area contributed by atoms with Crippen molar-refractivity contribution in [2.75, 3.05) is 33.2 Å². The fourth-order valence-electron chi connectivity index (χ4n) is 4.97.